The fourth-order valence-electron chi connectivity index (χ4n) is 5.35. The van der Waals surface area contributed by atoms with Crippen LogP contribution in [0.5, 0.6) is 11.5 Å². The third-order valence-electron chi connectivity index (χ3n) is 7.59. The smallest absolute Gasteiger partial charge is 0.170 e. The van der Waals surface area contributed by atoms with Crippen molar-refractivity contribution in [3.05, 3.63) is 96.1 Å². The Morgan fingerprint density at radius 1 is 0.842 bits per heavy atom. The van der Waals surface area contributed by atoms with Crippen LogP contribution in [0.25, 0.3) is 11.1 Å². The molecule has 3 heteroatoms. The topological polar surface area (TPSA) is 38.7 Å². The first-order chi connectivity index (χ1) is 18.7. The second kappa shape index (κ2) is 14.5. The van der Waals surface area contributed by atoms with E-state index < -0.39 is 0 Å². The molecule has 0 aliphatic heterocycles. The van der Waals surface area contributed by atoms with Gasteiger partial charge in [-0.05, 0) is 78.8 Å². The molecule has 38 heavy (non-hydrogen) atoms. The van der Waals surface area contributed by atoms with Gasteiger partial charge in [-0.2, -0.15) is 0 Å². The van der Waals surface area contributed by atoms with Crippen LogP contribution in [0, 0.1) is 17.8 Å². The fraction of sp³-hybridized carbons (Fsp3) is 0.371. The number of benzene rings is 3. The molecule has 0 spiro atoms. The molecule has 0 unspecified atom stereocenters. The van der Waals surface area contributed by atoms with E-state index in [4.69, 9.17) is 9.99 Å². The molecule has 1 saturated carbocycles. The number of rotatable bonds is 11. The summed E-state index contributed by atoms with van der Waals surface area (Å²) in [7, 11) is 0. The minimum absolute atomic E-state index is 0.296. The summed E-state index contributed by atoms with van der Waals surface area (Å²) in [5, 5.41) is 9.10. The molecule has 1 fully saturated rings. The van der Waals surface area contributed by atoms with Crippen molar-refractivity contribution < 1.29 is 14.9 Å². The van der Waals surface area contributed by atoms with Gasteiger partial charge in [0.2, 0.25) is 0 Å². The van der Waals surface area contributed by atoms with Crippen LogP contribution in [0.4, 0.5) is 0 Å². The molecule has 4 rings (SSSR count). The van der Waals surface area contributed by atoms with Crippen LogP contribution in [0.1, 0.15) is 87.3 Å². The van der Waals surface area contributed by atoms with E-state index in [0.717, 1.165) is 17.9 Å². The highest BCUT2D eigenvalue weighted by Gasteiger charge is 2.22. The second-order valence-corrected chi connectivity index (χ2v) is 10.4. The summed E-state index contributed by atoms with van der Waals surface area (Å²) in [6.45, 7) is 6.50. The molecule has 3 aromatic carbocycles. The molecule has 3 nitrogen and oxygen atoms in total. The first kappa shape index (κ1) is 27.6. The Hall–Kier alpha value is -3.48. The van der Waals surface area contributed by atoms with Crippen molar-refractivity contribution in [3.63, 3.8) is 0 Å². The van der Waals surface area contributed by atoms with Crippen molar-refractivity contribution in [2.75, 3.05) is 6.61 Å². The number of ether oxygens (including phenoxy) is 1. The highest BCUT2D eigenvalue weighted by atomic mass is 17.1. The van der Waals surface area contributed by atoms with Crippen molar-refractivity contribution in [1.29, 1.82) is 0 Å². The second-order valence-electron chi connectivity index (χ2n) is 10.4. The maximum atomic E-state index is 9.10. The summed E-state index contributed by atoms with van der Waals surface area (Å²) in [6, 6.07) is 22.7. The van der Waals surface area contributed by atoms with Gasteiger partial charge in [-0.15, -0.1) is 6.58 Å². The summed E-state index contributed by atoms with van der Waals surface area (Å²) < 4.78 is 5.69. The predicted molar refractivity (Wildman–Crippen MR) is 157 cm³/mol. The quantitative estimate of drug-likeness (QED) is 0.0921. The van der Waals surface area contributed by atoms with Crippen LogP contribution in [-0.4, -0.2) is 11.9 Å². The Balaban J connectivity index is 1.36. The molecular weight excluding hydrogens is 468 g/mol. The molecule has 198 valence electrons. The summed E-state index contributed by atoms with van der Waals surface area (Å²) in [5.41, 5.74) is 5.54. The lowest BCUT2D eigenvalue weighted by atomic mass is 9.77. The first-order valence-corrected chi connectivity index (χ1v) is 14.1. The van der Waals surface area contributed by atoms with Gasteiger partial charge in [0.1, 0.15) is 5.75 Å². The largest absolute Gasteiger partial charge is 0.493 e. The fourth-order valence-corrected chi connectivity index (χ4v) is 5.35. The third-order valence-corrected chi connectivity index (χ3v) is 7.59. The lowest BCUT2D eigenvalue weighted by molar-refractivity contribution is -0.137. The van der Waals surface area contributed by atoms with Crippen LogP contribution in [-0.2, 0) is 0 Å². The SMILES string of the molecule is C=CCCOc1cc(C#Cc2ccc(-c3ccc(C4CCC(CCCCC)CC4)cc3)cc2)cc(OO)c1. The zero-order valence-electron chi connectivity index (χ0n) is 22.6. The summed E-state index contributed by atoms with van der Waals surface area (Å²) in [4.78, 5) is 4.42. The van der Waals surface area contributed by atoms with E-state index in [1.54, 1.807) is 18.2 Å². The lowest BCUT2D eigenvalue weighted by Gasteiger charge is -2.29. The van der Waals surface area contributed by atoms with Crippen molar-refractivity contribution in [2.24, 2.45) is 5.92 Å². The van der Waals surface area contributed by atoms with Crippen LogP contribution in [0.3, 0.4) is 0 Å². The van der Waals surface area contributed by atoms with Gasteiger partial charge in [0.05, 0.1) is 6.61 Å². The number of unbranched alkanes of at least 4 members (excludes halogenated alkanes) is 2. The lowest BCUT2D eigenvalue weighted by Crippen LogP contribution is -2.13. The Kier molecular flexibility index (Phi) is 10.5. The molecule has 1 aliphatic carbocycles. The molecule has 3 aromatic rings. The van der Waals surface area contributed by atoms with Crippen molar-refractivity contribution in [3.8, 4) is 34.5 Å². The van der Waals surface area contributed by atoms with E-state index in [9.17, 15) is 0 Å². The first-order valence-electron chi connectivity index (χ1n) is 14.1. The van der Waals surface area contributed by atoms with E-state index in [-0.39, 0.29) is 0 Å². The normalized spacial score (nSPS) is 16.8. The van der Waals surface area contributed by atoms with Gasteiger partial charge in [-0.1, -0.05) is 86.9 Å². The zero-order valence-corrected chi connectivity index (χ0v) is 22.6. The van der Waals surface area contributed by atoms with Gasteiger partial charge in [0.25, 0.3) is 0 Å². The molecule has 0 aromatic heterocycles. The summed E-state index contributed by atoms with van der Waals surface area (Å²) in [5.74, 6) is 8.90. The van der Waals surface area contributed by atoms with Gasteiger partial charge in [-0.3, -0.25) is 0 Å². The van der Waals surface area contributed by atoms with E-state index >= 15 is 0 Å². The highest BCUT2D eigenvalue weighted by molar-refractivity contribution is 5.65. The maximum absolute atomic E-state index is 9.10. The Labute approximate surface area is 228 Å². The number of hydrogen-bond donors (Lipinski definition) is 1. The van der Waals surface area contributed by atoms with Gasteiger partial charge in [0.15, 0.2) is 5.75 Å². The average molecular weight is 509 g/mol. The van der Waals surface area contributed by atoms with Crippen molar-refractivity contribution in [2.45, 2.75) is 70.6 Å². The molecule has 0 bridgehead atoms. The molecule has 0 atom stereocenters. The van der Waals surface area contributed by atoms with E-state index in [0.29, 0.717) is 29.6 Å². The molecule has 0 saturated heterocycles. The molecule has 0 heterocycles. The summed E-state index contributed by atoms with van der Waals surface area (Å²) in [6.07, 6.45) is 13.5. The van der Waals surface area contributed by atoms with Crippen LogP contribution >= 0.6 is 0 Å². The average Bonchev–Trinajstić information content (AvgIpc) is 2.97. The maximum Gasteiger partial charge on any atom is 0.170 e. The van der Waals surface area contributed by atoms with E-state index in [1.807, 2.05) is 18.2 Å². The van der Waals surface area contributed by atoms with Crippen molar-refractivity contribution in [1.82, 2.24) is 0 Å². The molecule has 1 N–H and O–H groups in total. The molecule has 0 amide bonds. The number of hydrogen-bond acceptors (Lipinski definition) is 3. The third kappa shape index (κ3) is 8.01. The zero-order chi connectivity index (χ0) is 26.6. The monoisotopic (exact) mass is 508 g/mol. The van der Waals surface area contributed by atoms with Gasteiger partial charge >= 0.3 is 0 Å². The predicted octanol–water partition coefficient (Wildman–Crippen LogP) is 9.41. The highest BCUT2D eigenvalue weighted by Crippen LogP contribution is 2.38. The standard InChI is InChI=1S/C35H40O3/c1-3-5-7-8-27-11-15-30(16-12-27)32-19-21-33(22-20-32)31-17-13-28(14-18-31)9-10-29-24-34(37-23-6-4-2)26-35(25-29)38-36/h4,13-14,17-22,24-27,30,36H,2-3,5-8,11-12,15-16,23H2,1H3. The van der Waals surface area contributed by atoms with E-state index in [1.165, 1.54) is 68.1 Å². The minimum Gasteiger partial charge on any atom is -0.493 e. The Morgan fingerprint density at radius 3 is 2.16 bits per heavy atom. The Bertz CT molecular complexity index is 1210. The van der Waals surface area contributed by atoms with E-state index in [2.05, 4.69) is 66.6 Å². The summed E-state index contributed by atoms with van der Waals surface area (Å²) >= 11 is 0. The molecule has 1 aliphatic rings. The Morgan fingerprint density at radius 2 is 1.50 bits per heavy atom. The van der Waals surface area contributed by atoms with Gasteiger partial charge in [0, 0.05) is 23.3 Å². The van der Waals surface area contributed by atoms with Crippen molar-refractivity contribution >= 4 is 0 Å². The van der Waals surface area contributed by atoms with Crippen LogP contribution in [0.2, 0.25) is 0 Å². The van der Waals surface area contributed by atoms with Crippen LogP contribution in [0.15, 0.2) is 79.4 Å². The molecule has 0 radical (unpaired) electrons. The van der Waals surface area contributed by atoms with Gasteiger partial charge in [-0.25, -0.2) is 5.26 Å². The van der Waals surface area contributed by atoms with Crippen LogP contribution < -0.4 is 9.62 Å². The van der Waals surface area contributed by atoms with Gasteiger partial charge < -0.3 is 9.62 Å². The molecular formula is C35H40O3. The minimum atomic E-state index is 0.296.